The van der Waals surface area contributed by atoms with Gasteiger partial charge in [-0.25, -0.2) is 0 Å². The van der Waals surface area contributed by atoms with Crippen LogP contribution in [0.2, 0.25) is 0 Å². The van der Waals surface area contributed by atoms with Crippen LogP contribution in [0.25, 0.3) is 0 Å². The molecule has 0 aliphatic carbocycles. The van der Waals surface area contributed by atoms with Crippen LogP contribution in [0.15, 0.2) is 33.8 Å². The van der Waals surface area contributed by atoms with Crippen molar-refractivity contribution in [2.75, 3.05) is 20.1 Å². The third kappa shape index (κ3) is 6.36. The number of aromatic nitrogens is 2. The van der Waals surface area contributed by atoms with Gasteiger partial charge in [-0.05, 0) is 24.0 Å². The van der Waals surface area contributed by atoms with E-state index in [4.69, 9.17) is 4.52 Å². The molecule has 0 aliphatic rings. The number of hydrogen-bond donors (Lipinski definition) is 2. The number of benzene rings is 1. The topological polar surface area (TPSA) is 75.3 Å². The molecule has 28 heavy (non-hydrogen) atoms. The lowest BCUT2D eigenvalue weighted by Crippen LogP contribution is -2.43. The Kier molecular flexibility index (Phi) is 8.03. The van der Waals surface area contributed by atoms with Crippen LogP contribution in [0.4, 0.5) is 0 Å². The van der Waals surface area contributed by atoms with Gasteiger partial charge in [-0.3, -0.25) is 4.99 Å². The van der Waals surface area contributed by atoms with Gasteiger partial charge in [0.2, 0.25) is 5.89 Å². The van der Waals surface area contributed by atoms with E-state index in [1.165, 1.54) is 11.1 Å². The number of hydrogen-bond acceptors (Lipinski definition) is 4. The summed E-state index contributed by atoms with van der Waals surface area (Å²) in [5.74, 6) is 2.58. The molecule has 6 heteroatoms. The van der Waals surface area contributed by atoms with E-state index in [1.807, 2.05) is 0 Å². The van der Waals surface area contributed by atoms with E-state index in [0.717, 1.165) is 44.1 Å². The van der Waals surface area contributed by atoms with Gasteiger partial charge in [0.1, 0.15) is 0 Å². The summed E-state index contributed by atoms with van der Waals surface area (Å²) in [5.41, 5.74) is 2.71. The largest absolute Gasteiger partial charge is 0.356 e. The summed E-state index contributed by atoms with van der Waals surface area (Å²) in [4.78, 5) is 8.74. The molecule has 0 saturated heterocycles. The molecular weight excluding hydrogens is 350 g/mol. The fraction of sp³-hybridized carbons (Fsp3) is 0.591. The number of guanidine groups is 1. The molecule has 0 radical (unpaired) electrons. The zero-order valence-electron chi connectivity index (χ0n) is 18.2. The molecule has 1 aromatic heterocycles. The normalized spacial score (nSPS) is 12.5. The van der Waals surface area contributed by atoms with Crippen molar-refractivity contribution >= 4 is 5.96 Å². The van der Waals surface area contributed by atoms with E-state index in [0.29, 0.717) is 11.8 Å². The predicted octanol–water partition coefficient (Wildman–Crippen LogP) is 3.83. The monoisotopic (exact) mass is 385 g/mol. The Morgan fingerprint density at radius 2 is 1.89 bits per heavy atom. The molecule has 1 aromatic carbocycles. The summed E-state index contributed by atoms with van der Waals surface area (Å²) in [5, 5.41) is 10.8. The molecule has 0 aliphatic heterocycles. The molecule has 0 amide bonds. The molecule has 6 nitrogen and oxygen atoms in total. The summed E-state index contributed by atoms with van der Waals surface area (Å²) >= 11 is 0. The second kappa shape index (κ2) is 10.2. The Morgan fingerprint density at radius 1 is 1.18 bits per heavy atom. The highest BCUT2D eigenvalue weighted by atomic mass is 16.5. The second-order valence-electron chi connectivity index (χ2n) is 8.09. The Hall–Kier alpha value is -2.37. The van der Waals surface area contributed by atoms with Crippen LogP contribution in [-0.4, -0.2) is 36.2 Å². The SMILES string of the molecule is CCc1ccc(C(C)(C)CNC(=NC)NCCCc2nc(C(C)C)no2)cc1. The van der Waals surface area contributed by atoms with Crippen molar-refractivity contribution in [3.8, 4) is 0 Å². The van der Waals surface area contributed by atoms with Crippen molar-refractivity contribution in [3.63, 3.8) is 0 Å². The number of aliphatic imine (C=N–C) groups is 1. The van der Waals surface area contributed by atoms with Gasteiger partial charge in [-0.15, -0.1) is 0 Å². The van der Waals surface area contributed by atoms with Crippen molar-refractivity contribution in [2.45, 2.75) is 65.2 Å². The van der Waals surface area contributed by atoms with Gasteiger partial charge < -0.3 is 15.2 Å². The number of nitrogens with zero attached hydrogens (tertiary/aromatic N) is 3. The van der Waals surface area contributed by atoms with E-state index in [1.54, 1.807) is 7.05 Å². The molecule has 0 spiro atoms. The van der Waals surface area contributed by atoms with Gasteiger partial charge in [-0.1, -0.05) is 64.0 Å². The summed E-state index contributed by atoms with van der Waals surface area (Å²) in [6.45, 7) is 12.4. The molecule has 2 aromatic rings. The van der Waals surface area contributed by atoms with Crippen LogP contribution in [0, 0.1) is 0 Å². The average molecular weight is 386 g/mol. The van der Waals surface area contributed by atoms with Crippen LogP contribution in [0.1, 0.15) is 69.8 Å². The Morgan fingerprint density at radius 3 is 2.46 bits per heavy atom. The zero-order valence-corrected chi connectivity index (χ0v) is 18.2. The quantitative estimate of drug-likeness (QED) is 0.390. The highest BCUT2D eigenvalue weighted by Gasteiger charge is 2.20. The van der Waals surface area contributed by atoms with Crippen LogP contribution in [-0.2, 0) is 18.3 Å². The molecule has 0 saturated carbocycles. The van der Waals surface area contributed by atoms with Gasteiger partial charge in [0.05, 0.1) is 0 Å². The first-order valence-electron chi connectivity index (χ1n) is 10.2. The number of aryl methyl sites for hydroxylation is 2. The lowest BCUT2D eigenvalue weighted by Gasteiger charge is -2.27. The lowest BCUT2D eigenvalue weighted by atomic mass is 9.84. The second-order valence-corrected chi connectivity index (χ2v) is 8.09. The van der Waals surface area contributed by atoms with Crippen LogP contribution >= 0.6 is 0 Å². The first-order valence-corrected chi connectivity index (χ1v) is 10.2. The predicted molar refractivity (Wildman–Crippen MR) is 115 cm³/mol. The maximum absolute atomic E-state index is 5.28. The van der Waals surface area contributed by atoms with Gasteiger partial charge in [0.15, 0.2) is 11.8 Å². The maximum atomic E-state index is 5.28. The minimum absolute atomic E-state index is 0.0148. The van der Waals surface area contributed by atoms with Crippen LogP contribution < -0.4 is 10.6 Å². The van der Waals surface area contributed by atoms with Crippen LogP contribution in [0.3, 0.4) is 0 Å². The van der Waals surface area contributed by atoms with E-state index in [2.05, 4.69) is 84.7 Å². The molecular formula is C22H35N5O. The third-order valence-electron chi connectivity index (χ3n) is 4.93. The number of nitrogens with one attached hydrogen (secondary N) is 2. The first kappa shape index (κ1) is 21.9. The highest BCUT2D eigenvalue weighted by Crippen LogP contribution is 2.22. The Labute approximate surface area is 169 Å². The summed E-state index contributed by atoms with van der Waals surface area (Å²) < 4.78 is 5.28. The first-order chi connectivity index (χ1) is 13.4. The van der Waals surface area contributed by atoms with Crippen molar-refractivity contribution in [3.05, 3.63) is 47.1 Å². The molecule has 0 atom stereocenters. The molecule has 0 unspecified atom stereocenters. The number of rotatable bonds is 9. The summed E-state index contributed by atoms with van der Waals surface area (Å²) in [7, 11) is 1.80. The Balaban J connectivity index is 1.76. The van der Waals surface area contributed by atoms with Gasteiger partial charge in [0.25, 0.3) is 0 Å². The smallest absolute Gasteiger partial charge is 0.226 e. The summed E-state index contributed by atoms with van der Waals surface area (Å²) in [6.07, 6.45) is 2.74. The molecule has 2 rings (SSSR count). The third-order valence-corrected chi connectivity index (χ3v) is 4.93. The highest BCUT2D eigenvalue weighted by molar-refractivity contribution is 5.79. The minimum Gasteiger partial charge on any atom is -0.356 e. The fourth-order valence-corrected chi connectivity index (χ4v) is 2.87. The summed E-state index contributed by atoms with van der Waals surface area (Å²) in [6, 6.07) is 8.89. The Bertz CT molecular complexity index is 747. The maximum Gasteiger partial charge on any atom is 0.226 e. The van der Waals surface area contributed by atoms with Crippen molar-refractivity contribution in [2.24, 2.45) is 4.99 Å². The van der Waals surface area contributed by atoms with Crippen molar-refractivity contribution in [1.82, 2.24) is 20.8 Å². The van der Waals surface area contributed by atoms with E-state index < -0.39 is 0 Å². The molecule has 154 valence electrons. The van der Waals surface area contributed by atoms with E-state index in [-0.39, 0.29) is 5.41 Å². The minimum atomic E-state index is 0.0148. The standard InChI is InChI=1S/C22H35N5O/c1-7-17-10-12-18(13-11-17)22(4,5)15-25-21(23-6)24-14-8-9-19-26-20(16(2)3)27-28-19/h10-13,16H,7-9,14-15H2,1-6H3,(H2,23,24,25). The van der Waals surface area contributed by atoms with Gasteiger partial charge in [0, 0.05) is 37.9 Å². The molecule has 2 N–H and O–H groups in total. The average Bonchev–Trinajstić information content (AvgIpc) is 3.17. The zero-order chi connectivity index (χ0) is 20.6. The van der Waals surface area contributed by atoms with Crippen LogP contribution in [0.5, 0.6) is 0 Å². The van der Waals surface area contributed by atoms with Gasteiger partial charge >= 0.3 is 0 Å². The molecule has 0 fully saturated rings. The van der Waals surface area contributed by atoms with Crippen molar-refractivity contribution in [1.29, 1.82) is 0 Å². The van der Waals surface area contributed by atoms with E-state index >= 15 is 0 Å². The van der Waals surface area contributed by atoms with Crippen molar-refractivity contribution < 1.29 is 4.52 Å². The fourth-order valence-electron chi connectivity index (χ4n) is 2.87. The molecule has 1 heterocycles. The van der Waals surface area contributed by atoms with Gasteiger partial charge in [-0.2, -0.15) is 4.98 Å². The van der Waals surface area contributed by atoms with E-state index in [9.17, 15) is 0 Å². The lowest BCUT2D eigenvalue weighted by molar-refractivity contribution is 0.368. The molecule has 0 bridgehead atoms.